The molecular weight excluding hydrogens is 304 g/mol. The Labute approximate surface area is 141 Å². The standard InChI is InChI=1S/C18H22N4S/c1-18(2,16-8-5-9-23-16)13-22-17(20-3)21-12-15-7-4-6-14(10-15)11-19/h4-10H,12-13H2,1-3H3,(H2,20,21,22). The van der Waals surface area contributed by atoms with Crippen LogP contribution in [0.3, 0.4) is 0 Å². The van der Waals surface area contributed by atoms with Gasteiger partial charge in [-0.1, -0.05) is 32.0 Å². The quantitative estimate of drug-likeness (QED) is 0.655. The molecule has 0 aliphatic rings. The zero-order chi connectivity index (χ0) is 16.7. The maximum absolute atomic E-state index is 8.94. The van der Waals surface area contributed by atoms with Crippen molar-refractivity contribution in [3.8, 4) is 6.07 Å². The summed E-state index contributed by atoms with van der Waals surface area (Å²) < 4.78 is 0. The molecule has 0 atom stereocenters. The number of nitriles is 1. The molecule has 0 radical (unpaired) electrons. The molecule has 0 amide bonds. The van der Waals surface area contributed by atoms with Gasteiger partial charge in [0.25, 0.3) is 0 Å². The first-order valence-electron chi connectivity index (χ1n) is 7.53. The van der Waals surface area contributed by atoms with Gasteiger partial charge in [0.1, 0.15) is 0 Å². The van der Waals surface area contributed by atoms with Gasteiger partial charge >= 0.3 is 0 Å². The van der Waals surface area contributed by atoms with Crippen LogP contribution in [0.5, 0.6) is 0 Å². The predicted molar refractivity (Wildman–Crippen MR) is 96.7 cm³/mol. The number of guanidine groups is 1. The van der Waals surface area contributed by atoms with Crippen LogP contribution in [0.25, 0.3) is 0 Å². The zero-order valence-electron chi connectivity index (χ0n) is 13.8. The van der Waals surface area contributed by atoms with E-state index in [1.54, 1.807) is 24.5 Å². The molecule has 4 nitrogen and oxygen atoms in total. The summed E-state index contributed by atoms with van der Waals surface area (Å²) in [5.74, 6) is 0.761. The van der Waals surface area contributed by atoms with Crippen LogP contribution in [-0.4, -0.2) is 19.6 Å². The second-order valence-electron chi connectivity index (χ2n) is 5.95. The molecular formula is C18H22N4S. The normalized spacial score (nSPS) is 11.8. The van der Waals surface area contributed by atoms with Gasteiger partial charge in [0.05, 0.1) is 11.6 Å². The van der Waals surface area contributed by atoms with Gasteiger partial charge in [0.15, 0.2) is 5.96 Å². The molecule has 1 aromatic heterocycles. The topological polar surface area (TPSA) is 60.2 Å². The SMILES string of the molecule is CN=C(NCc1cccc(C#N)c1)NCC(C)(C)c1cccs1. The molecule has 2 aromatic rings. The molecule has 0 saturated heterocycles. The van der Waals surface area contributed by atoms with Crippen molar-refractivity contribution in [2.24, 2.45) is 4.99 Å². The maximum atomic E-state index is 8.94. The summed E-state index contributed by atoms with van der Waals surface area (Å²) in [6.45, 7) is 5.87. The molecule has 0 aliphatic carbocycles. The van der Waals surface area contributed by atoms with Gasteiger partial charge < -0.3 is 10.6 Å². The average Bonchev–Trinajstić information content (AvgIpc) is 3.10. The van der Waals surface area contributed by atoms with Crippen LogP contribution < -0.4 is 10.6 Å². The summed E-state index contributed by atoms with van der Waals surface area (Å²) in [5, 5.41) is 17.7. The molecule has 0 spiro atoms. The van der Waals surface area contributed by atoms with E-state index >= 15 is 0 Å². The number of nitrogens with zero attached hydrogens (tertiary/aromatic N) is 2. The van der Waals surface area contributed by atoms with E-state index in [-0.39, 0.29) is 5.41 Å². The molecule has 120 valence electrons. The predicted octanol–water partition coefficient (Wildman–Crippen LogP) is 3.26. The Morgan fingerprint density at radius 1 is 1.26 bits per heavy atom. The minimum Gasteiger partial charge on any atom is -0.356 e. The Bertz CT molecular complexity index is 696. The van der Waals surface area contributed by atoms with E-state index in [1.807, 2.05) is 18.2 Å². The van der Waals surface area contributed by atoms with Gasteiger partial charge in [0, 0.05) is 30.4 Å². The van der Waals surface area contributed by atoms with Gasteiger partial charge in [-0.2, -0.15) is 5.26 Å². The van der Waals surface area contributed by atoms with Crippen LogP contribution in [0.4, 0.5) is 0 Å². The number of aliphatic imine (C=N–C) groups is 1. The third-order valence-corrected chi connectivity index (χ3v) is 4.86. The van der Waals surface area contributed by atoms with Crippen LogP contribution in [0.1, 0.15) is 29.9 Å². The summed E-state index contributed by atoms with van der Waals surface area (Å²) in [4.78, 5) is 5.61. The molecule has 0 unspecified atom stereocenters. The van der Waals surface area contributed by atoms with Crippen LogP contribution in [0.15, 0.2) is 46.8 Å². The second-order valence-corrected chi connectivity index (χ2v) is 6.90. The average molecular weight is 326 g/mol. The fourth-order valence-electron chi connectivity index (χ4n) is 2.21. The minimum atomic E-state index is 0.0481. The van der Waals surface area contributed by atoms with E-state index in [0.717, 1.165) is 18.1 Å². The molecule has 1 aromatic carbocycles. The van der Waals surface area contributed by atoms with Gasteiger partial charge in [-0.15, -0.1) is 11.3 Å². The summed E-state index contributed by atoms with van der Waals surface area (Å²) in [6.07, 6.45) is 0. The molecule has 1 heterocycles. The first-order chi connectivity index (χ1) is 11.0. The Balaban J connectivity index is 1.90. The van der Waals surface area contributed by atoms with Crippen molar-refractivity contribution in [1.29, 1.82) is 5.26 Å². The van der Waals surface area contributed by atoms with Crippen LogP contribution in [0.2, 0.25) is 0 Å². The number of thiophene rings is 1. The van der Waals surface area contributed by atoms with Crippen molar-refractivity contribution >= 4 is 17.3 Å². The van der Waals surface area contributed by atoms with E-state index in [9.17, 15) is 0 Å². The fraction of sp³-hybridized carbons (Fsp3) is 0.333. The Morgan fingerprint density at radius 3 is 2.74 bits per heavy atom. The van der Waals surface area contributed by atoms with Crippen LogP contribution in [0, 0.1) is 11.3 Å². The molecule has 0 saturated carbocycles. The highest BCUT2D eigenvalue weighted by molar-refractivity contribution is 7.10. The molecule has 2 rings (SSSR count). The zero-order valence-corrected chi connectivity index (χ0v) is 14.6. The number of hydrogen-bond donors (Lipinski definition) is 2. The second kappa shape index (κ2) is 7.80. The van der Waals surface area contributed by atoms with Crippen molar-refractivity contribution in [2.75, 3.05) is 13.6 Å². The number of rotatable bonds is 5. The maximum Gasteiger partial charge on any atom is 0.191 e. The Kier molecular flexibility index (Phi) is 5.78. The monoisotopic (exact) mass is 326 g/mol. The van der Waals surface area contributed by atoms with Crippen molar-refractivity contribution < 1.29 is 0 Å². The molecule has 2 N–H and O–H groups in total. The van der Waals surface area contributed by atoms with E-state index in [4.69, 9.17) is 5.26 Å². The lowest BCUT2D eigenvalue weighted by Crippen LogP contribution is -2.42. The molecule has 0 fully saturated rings. The minimum absolute atomic E-state index is 0.0481. The summed E-state index contributed by atoms with van der Waals surface area (Å²) in [7, 11) is 1.76. The number of hydrogen-bond acceptors (Lipinski definition) is 3. The van der Waals surface area contributed by atoms with E-state index < -0.39 is 0 Å². The lowest BCUT2D eigenvalue weighted by Gasteiger charge is -2.25. The lowest BCUT2D eigenvalue weighted by molar-refractivity contribution is 0.518. The summed E-state index contributed by atoms with van der Waals surface area (Å²) >= 11 is 1.77. The lowest BCUT2D eigenvalue weighted by atomic mass is 9.91. The molecule has 23 heavy (non-hydrogen) atoms. The van der Waals surface area contributed by atoms with E-state index in [0.29, 0.717) is 12.1 Å². The van der Waals surface area contributed by atoms with Gasteiger partial charge in [-0.25, -0.2) is 0 Å². The highest BCUT2D eigenvalue weighted by Gasteiger charge is 2.21. The van der Waals surface area contributed by atoms with Gasteiger partial charge in [-0.05, 0) is 29.1 Å². The first-order valence-corrected chi connectivity index (χ1v) is 8.40. The third kappa shape index (κ3) is 4.83. The van der Waals surface area contributed by atoms with Gasteiger partial charge in [-0.3, -0.25) is 4.99 Å². The highest BCUT2D eigenvalue weighted by Crippen LogP contribution is 2.26. The van der Waals surface area contributed by atoms with Crippen molar-refractivity contribution in [1.82, 2.24) is 10.6 Å². The highest BCUT2D eigenvalue weighted by atomic mass is 32.1. The van der Waals surface area contributed by atoms with Crippen LogP contribution in [-0.2, 0) is 12.0 Å². The van der Waals surface area contributed by atoms with E-state index in [2.05, 4.69) is 53.1 Å². The third-order valence-electron chi connectivity index (χ3n) is 3.63. The largest absolute Gasteiger partial charge is 0.356 e. The summed E-state index contributed by atoms with van der Waals surface area (Å²) in [5.41, 5.74) is 1.78. The smallest absolute Gasteiger partial charge is 0.191 e. The number of benzene rings is 1. The molecule has 5 heteroatoms. The van der Waals surface area contributed by atoms with E-state index in [1.165, 1.54) is 4.88 Å². The number of nitrogens with one attached hydrogen (secondary N) is 2. The van der Waals surface area contributed by atoms with Gasteiger partial charge in [0.2, 0.25) is 0 Å². The fourth-order valence-corrected chi connectivity index (χ4v) is 3.06. The first kappa shape index (κ1) is 17.0. The molecule has 0 aliphatic heterocycles. The molecule has 0 bridgehead atoms. The summed E-state index contributed by atoms with van der Waals surface area (Å²) in [6, 6.07) is 14.0. The van der Waals surface area contributed by atoms with Crippen molar-refractivity contribution in [3.05, 3.63) is 57.8 Å². The Morgan fingerprint density at radius 2 is 2.09 bits per heavy atom. The van der Waals surface area contributed by atoms with Crippen LogP contribution >= 0.6 is 11.3 Å². The van der Waals surface area contributed by atoms with Crippen molar-refractivity contribution in [2.45, 2.75) is 25.8 Å². The Hall–Kier alpha value is -2.32. The van der Waals surface area contributed by atoms with Crippen molar-refractivity contribution in [3.63, 3.8) is 0 Å².